The van der Waals surface area contributed by atoms with Gasteiger partial charge in [-0.05, 0) is 23.3 Å². The second-order valence-corrected chi connectivity index (χ2v) is 7.20. The van der Waals surface area contributed by atoms with Crippen LogP contribution in [-0.2, 0) is 27.9 Å². The highest BCUT2D eigenvalue weighted by Crippen LogP contribution is 2.16. The first-order chi connectivity index (χ1) is 12.5. The van der Waals surface area contributed by atoms with E-state index in [9.17, 15) is 13.2 Å². The van der Waals surface area contributed by atoms with E-state index in [-0.39, 0.29) is 13.2 Å². The molecule has 0 aliphatic rings. The zero-order valence-corrected chi connectivity index (χ0v) is 15.0. The molecule has 136 valence electrons. The number of rotatable bonds is 7. The molecule has 0 saturated heterocycles. The molecule has 0 bridgehead atoms. The molecule has 2 rings (SSSR count). The molecule has 0 heterocycles. The number of benzene rings is 2. The molecule has 0 atom stereocenters. The van der Waals surface area contributed by atoms with Gasteiger partial charge in [0, 0.05) is 0 Å². The molecule has 0 saturated carbocycles. The molecule has 2 aromatic rings. The quantitative estimate of drug-likeness (QED) is 0.739. The van der Waals surface area contributed by atoms with Crippen LogP contribution in [0.15, 0.2) is 54.6 Å². The molecule has 8 heteroatoms. The summed E-state index contributed by atoms with van der Waals surface area (Å²) in [7, 11) is -2.61. The van der Waals surface area contributed by atoms with Gasteiger partial charge in [0.2, 0.25) is 0 Å². The summed E-state index contributed by atoms with van der Waals surface area (Å²) in [6, 6.07) is 17.0. The van der Waals surface area contributed by atoms with Gasteiger partial charge in [0.1, 0.15) is 12.4 Å². The zero-order valence-electron chi connectivity index (χ0n) is 14.2. The van der Waals surface area contributed by atoms with Gasteiger partial charge in [-0.25, -0.2) is 13.2 Å². The molecule has 7 nitrogen and oxygen atoms in total. The van der Waals surface area contributed by atoms with Gasteiger partial charge in [0.25, 0.3) is 10.0 Å². The fraction of sp³-hybridized carbons (Fsp3) is 0.222. The van der Waals surface area contributed by atoms with Gasteiger partial charge in [-0.2, -0.15) is 9.57 Å². The van der Waals surface area contributed by atoms with E-state index >= 15 is 0 Å². The lowest BCUT2D eigenvalue weighted by Gasteiger charge is -2.21. The maximum atomic E-state index is 12.4. The van der Waals surface area contributed by atoms with Crippen molar-refractivity contribution in [2.24, 2.45) is 0 Å². The van der Waals surface area contributed by atoms with Crippen LogP contribution in [0.25, 0.3) is 0 Å². The van der Waals surface area contributed by atoms with E-state index in [1.165, 1.54) is 7.11 Å². The van der Waals surface area contributed by atoms with Gasteiger partial charge >= 0.3 is 6.09 Å². The van der Waals surface area contributed by atoms with Crippen molar-refractivity contribution < 1.29 is 22.7 Å². The minimum atomic E-state index is -4.12. The number of hydrogen-bond acceptors (Lipinski definition) is 6. The molecular weight excluding hydrogens is 356 g/mol. The number of sulfonamides is 1. The van der Waals surface area contributed by atoms with Crippen LogP contribution in [0.5, 0.6) is 5.75 Å². The molecule has 0 fully saturated rings. The van der Waals surface area contributed by atoms with Crippen molar-refractivity contribution >= 4 is 16.1 Å². The number of nitrogens with zero attached hydrogens (tertiary/aromatic N) is 2. The van der Waals surface area contributed by atoms with Crippen molar-refractivity contribution in [1.82, 2.24) is 4.31 Å². The number of amides is 1. The standard InChI is InChI=1S/C18H18N2O5S/c1-24-17-9-7-15(8-10-17)13-20(26(22,23)12-11-19)18(21)25-14-16-5-3-2-4-6-16/h2-10H,12-14H2,1H3. The minimum Gasteiger partial charge on any atom is -0.497 e. The van der Waals surface area contributed by atoms with Crippen LogP contribution in [0.3, 0.4) is 0 Å². The molecular formula is C18H18N2O5S. The lowest BCUT2D eigenvalue weighted by Crippen LogP contribution is -2.38. The SMILES string of the molecule is COc1ccc(CN(C(=O)OCc2ccccc2)S(=O)(=O)CC#N)cc1. The van der Waals surface area contributed by atoms with E-state index < -0.39 is 21.9 Å². The Hall–Kier alpha value is -3.05. The summed E-state index contributed by atoms with van der Waals surface area (Å²) in [5.41, 5.74) is 1.28. The normalized spacial score (nSPS) is 10.6. The van der Waals surface area contributed by atoms with Crippen molar-refractivity contribution in [2.45, 2.75) is 13.2 Å². The monoisotopic (exact) mass is 374 g/mol. The molecule has 26 heavy (non-hydrogen) atoms. The summed E-state index contributed by atoms with van der Waals surface area (Å²) in [6.07, 6.45) is -1.03. The van der Waals surface area contributed by atoms with Crippen molar-refractivity contribution in [3.8, 4) is 11.8 Å². The van der Waals surface area contributed by atoms with Crippen LogP contribution in [0, 0.1) is 11.3 Å². The number of carbonyl (C=O) groups is 1. The molecule has 0 aromatic heterocycles. The Morgan fingerprint density at radius 3 is 2.31 bits per heavy atom. The van der Waals surface area contributed by atoms with Crippen molar-refractivity contribution in [1.29, 1.82) is 5.26 Å². The first kappa shape index (κ1) is 19.3. The van der Waals surface area contributed by atoms with Crippen LogP contribution in [-0.4, -0.2) is 31.7 Å². The molecule has 0 N–H and O–H groups in total. The highest BCUT2D eigenvalue weighted by Gasteiger charge is 2.29. The van der Waals surface area contributed by atoms with Gasteiger partial charge in [-0.15, -0.1) is 0 Å². The van der Waals surface area contributed by atoms with Crippen LogP contribution in [0.1, 0.15) is 11.1 Å². The minimum absolute atomic E-state index is 0.0686. The van der Waals surface area contributed by atoms with E-state index in [1.807, 2.05) is 6.07 Å². The average molecular weight is 374 g/mol. The predicted octanol–water partition coefficient (Wildman–Crippen LogP) is 2.69. The Labute approximate surface area is 152 Å². The van der Waals surface area contributed by atoms with Crippen LogP contribution >= 0.6 is 0 Å². The van der Waals surface area contributed by atoms with Crippen molar-refractivity contribution in [3.63, 3.8) is 0 Å². The van der Waals surface area contributed by atoms with E-state index in [0.29, 0.717) is 15.6 Å². The molecule has 0 spiro atoms. The second kappa shape index (κ2) is 8.87. The maximum Gasteiger partial charge on any atom is 0.424 e. The largest absolute Gasteiger partial charge is 0.497 e. The topological polar surface area (TPSA) is 96.7 Å². The Balaban J connectivity index is 2.17. The summed E-state index contributed by atoms with van der Waals surface area (Å²) < 4.78 is 35.3. The summed E-state index contributed by atoms with van der Waals surface area (Å²) in [4.78, 5) is 12.4. The Morgan fingerprint density at radius 2 is 1.73 bits per heavy atom. The number of hydrogen-bond donors (Lipinski definition) is 0. The zero-order chi connectivity index (χ0) is 19.0. The molecule has 0 aliphatic carbocycles. The molecule has 0 aliphatic heterocycles. The molecule has 1 amide bonds. The number of nitriles is 1. The van der Waals surface area contributed by atoms with Gasteiger partial charge in [0.05, 0.1) is 19.7 Å². The Morgan fingerprint density at radius 1 is 1.08 bits per heavy atom. The van der Waals surface area contributed by atoms with Crippen LogP contribution in [0.4, 0.5) is 4.79 Å². The lowest BCUT2D eigenvalue weighted by atomic mass is 10.2. The fourth-order valence-corrected chi connectivity index (χ4v) is 3.07. The van der Waals surface area contributed by atoms with Gasteiger partial charge in [-0.3, -0.25) is 0 Å². The van der Waals surface area contributed by atoms with Crippen molar-refractivity contribution in [2.75, 3.05) is 12.9 Å². The first-order valence-electron chi connectivity index (χ1n) is 7.67. The van der Waals surface area contributed by atoms with Gasteiger partial charge in [-0.1, -0.05) is 42.5 Å². The lowest BCUT2D eigenvalue weighted by molar-refractivity contribution is 0.117. The van der Waals surface area contributed by atoms with E-state index in [4.69, 9.17) is 14.7 Å². The number of carbonyl (C=O) groups excluding carboxylic acids is 1. The number of methoxy groups -OCH3 is 1. The van der Waals surface area contributed by atoms with Crippen molar-refractivity contribution in [3.05, 3.63) is 65.7 Å². The van der Waals surface area contributed by atoms with Gasteiger partial charge < -0.3 is 9.47 Å². The van der Waals surface area contributed by atoms with E-state index in [2.05, 4.69) is 0 Å². The fourth-order valence-electron chi connectivity index (χ4n) is 2.12. The second-order valence-electron chi connectivity index (χ2n) is 5.31. The smallest absolute Gasteiger partial charge is 0.424 e. The van der Waals surface area contributed by atoms with E-state index in [0.717, 1.165) is 5.56 Å². The van der Waals surface area contributed by atoms with E-state index in [1.54, 1.807) is 54.6 Å². The summed E-state index contributed by atoms with van der Waals surface area (Å²) in [5, 5.41) is 8.75. The first-order valence-corrected chi connectivity index (χ1v) is 9.28. The summed E-state index contributed by atoms with van der Waals surface area (Å²) in [6.45, 7) is -0.303. The highest BCUT2D eigenvalue weighted by atomic mass is 32.2. The van der Waals surface area contributed by atoms with Crippen LogP contribution in [0.2, 0.25) is 0 Å². The molecule has 0 radical (unpaired) electrons. The highest BCUT2D eigenvalue weighted by molar-refractivity contribution is 7.89. The average Bonchev–Trinajstić information content (AvgIpc) is 2.65. The molecule has 0 unspecified atom stereocenters. The summed E-state index contributed by atoms with van der Waals surface area (Å²) >= 11 is 0. The summed E-state index contributed by atoms with van der Waals surface area (Å²) in [5.74, 6) is -0.212. The Bertz CT molecular complexity index is 874. The number of ether oxygens (including phenoxy) is 2. The third-order valence-corrected chi connectivity index (χ3v) is 4.92. The molecule has 2 aromatic carbocycles. The third-order valence-electron chi connectivity index (χ3n) is 3.48. The van der Waals surface area contributed by atoms with Gasteiger partial charge in [0.15, 0.2) is 5.75 Å². The third kappa shape index (κ3) is 5.22. The Kier molecular flexibility index (Phi) is 6.58. The maximum absolute atomic E-state index is 12.4. The van der Waals surface area contributed by atoms with Crippen LogP contribution < -0.4 is 4.74 Å². The predicted molar refractivity (Wildman–Crippen MR) is 94.6 cm³/mol.